The van der Waals surface area contributed by atoms with Crippen molar-refractivity contribution in [3.8, 4) is 5.75 Å². The van der Waals surface area contributed by atoms with E-state index >= 15 is 0 Å². The zero-order valence-electron chi connectivity index (χ0n) is 22.6. The average Bonchev–Trinajstić information content (AvgIpc) is 3.37. The van der Waals surface area contributed by atoms with Crippen molar-refractivity contribution in [2.45, 2.75) is 26.4 Å². The van der Waals surface area contributed by atoms with Gasteiger partial charge >= 0.3 is 30.1 Å². The Morgan fingerprint density at radius 1 is 0.932 bits per heavy atom. The molecule has 1 amide bonds. The normalized spacial score (nSPS) is 11.0. The van der Waals surface area contributed by atoms with Gasteiger partial charge in [-0.1, -0.05) is 13.8 Å². The van der Waals surface area contributed by atoms with E-state index in [0.29, 0.717) is 4.88 Å². The quantitative estimate of drug-likeness (QED) is 0.0626. The number of amidine groups is 1. The maximum atomic E-state index is 14.2. The Bertz CT molecular complexity index is 1630. The zero-order valence-corrected chi connectivity index (χ0v) is 23.4. The van der Waals surface area contributed by atoms with Gasteiger partial charge in [0.1, 0.15) is 10.7 Å². The molecule has 234 valence electrons. The van der Waals surface area contributed by atoms with E-state index in [1.165, 1.54) is 18.2 Å². The van der Waals surface area contributed by atoms with Crippen LogP contribution in [0.25, 0.3) is 0 Å². The van der Waals surface area contributed by atoms with Gasteiger partial charge in [-0.25, -0.2) is 23.6 Å². The number of nitrogens with two attached hydrogens (primary N) is 1. The first-order chi connectivity index (χ1) is 20.2. The fourth-order valence-corrected chi connectivity index (χ4v) is 4.37. The molecule has 0 spiro atoms. The molecule has 2 aromatic carbocycles. The largest absolute Gasteiger partial charge is 0.490 e. The molecule has 44 heavy (non-hydrogen) atoms. The molecule has 0 radical (unpaired) electrons. The molecule has 0 aliphatic rings. The lowest BCUT2D eigenvalue weighted by atomic mass is 9.87. The molecule has 0 unspecified atom stereocenters. The van der Waals surface area contributed by atoms with Crippen LogP contribution in [0, 0.1) is 16.6 Å². The average molecular weight is 642 g/mol. The number of benzene rings is 2. The van der Waals surface area contributed by atoms with Crippen LogP contribution < -0.4 is 15.8 Å². The summed E-state index contributed by atoms with van der Waals surface area (Å²) in [6, 6.07) is 9.89. The molecule has 0 fully saturated rings. The number of carboxylic acids is 3. The third-order valence-corrected chi connectivity index (χ3v) is 6.59. The van der Waals surface area contributed by atoms with E-state index in [2.05, 4.69) is 5.32 Å². The number of hydrogen-bond donors (Lipinski definition) is 6. The maximum absolute atomic E-state index is 14.2. The number of carboxylic acid groups (broad SMARTS) is 3. The van der Waals surface area contributed by atoms with Crippen LogP contribution in [0.15, 0.2) is 48.5 Å². The highest BCUT2D eigenvalue weighted by atomic mass is 32.1. The molecule has 1 heterocycles. The predicted molar refractivity (Wildman–Crippen MR) is 147 cm³/mol. The van der Waals surface area contributed by atoms with Gasteiger partial charge in [0.2, 0.25) is 5.91 Å². The second-order valence-electron chi connectivity index (χ2n) is 9.40. The van der Waals surface area contributed by atoms with E-state index in [4.69, 9.17) is 25.8 Å². The van der Waals surface area contributed by atoms with Crippen molar-refractivity contribution in [2.75, 3.05) is 5.32 Å². The van der Waals surface area contributed by atoms with Gasteiger partial charge in [-0.2, -0.15) is 13.2 Å². The molecule has 0 aliphatic carbocycles. The molecule has 0 bridgehead atoms. The lowest BCUT2D eigenvalue weighted by molar-refractivity contribution is -0.192. The van der Waals surface area contributed by atoms with Crippen molar-refractivity contribution in [3.05, 3.63) is 80.8 Å². The van der Waals surface area contributed by atoms with Crippen molar-refractivity contribution in [3.63, 3.8) is 0 Å². The van der Waals surface area contributed by atoms with Crippen molar-refractivity contribution >= 4 is 52.6 Å². The standard InChI is InChI=1S/C25H22FN3O7S.C2HF3O2/c1-25(2,24(35)29-17-10-13(21(30)31)3-6-15(17)22(32)33)11-14-5-8-19(37-14)23(34)36-18-7-4-12(20(27)28)9-16(18)26;3-2(4,5)1(6)7/h3-10H,11H2,1-2H3,(H3,27,28)(H,29,35)(H,30,31)(H,32,33);(H,6,7). The van der Waals surface area contributed by atoms with Gasteiger partial charge in [0.15, 0.2) is 11.6 Å². The van der Waals surface area contributed by atoms with Crippen LogP contribution in [-0.4, -0.2) is 57.1 Å². The van der Waals surface area contributed by atoms with Gasteiger partial charge < -0.3 is 31.1 Å². The molecule has 0 aliphatic heterocycles. The van der Waals surface area contributed by atoms with Crippen LogP contribution in [0.5, 0.6) is 5.75 Å². The van der Waals surface area contributed by atoms with E-state index in [1.54, 1.807) is 19.9 Å². The summed E-state index contributed by atoms with van der Waals surface area (Å²) in [5.74, 6) is -8.27. The molecule has 17 heteroatoms. The molecule has 0 atom stereocenters. The van der Waals surface area contributed by atoms with Gasteiger partial charge in [0.25, 0.3) is 0 Å². The number of carbonyl (C=O) groups is 5. The number of hydrogen-bond acceptors (Lipinski definition) is 8. The lowest BCUT2D eigenvalue weighted by Crippen LogP contribution is -2.33. The highest BCUT2D eigenvalue weighted by Crippen LogP contribution is 2.30. The number of nitrogen functional groups attached to an aromatic ring is 1. The lowest BCUT2D eigenvalue weighted by Gasteiger charge is -2.23. The summed E-state index contributed by atoms with van der Waals surface area (Å²) < 4.78 is 51.0. The number of esters is 1. The molecule has 3 rings (SSSR count). The van der Waals surface area contributed by atoms with E-state index in [0.717, 1.165) is 35.6 Å². The summed E-state index contributed by atoms with van der Waals surface area (Å²) in [5.41, 5.74) is 3.76. The van der Waals surface area contributed by atoms with E-state index in [-0.39, 0.29) is 45.3 Å². The number of anilines is 1. The molecule has 0 saturated carbocycles. The van der Waals surface area contributed by atoms with Crippen LogP contribution in [0.1, 0.15) is 54.7 Å². The fraction of sp³-hybridized carbons (Fsp3) is 0.185. The fourth-order valence-electron chi connectivity index (χ4n) is 3.26. The summed E-state index contributed by atoms with van der Waals surface area (Å²) in [4.78, 5) is 57.9. The summed E-state index contributed by atoms with van der Waals surface area (Å²) >= 11 is 1.04. The molecule has 3 aromatic rings. The van der Waals surface area contributed by atoms with Gasteiger partial charge in [0.05, 0.1) is 16.8 Å². The minimum atomic E-state index is -5.08. The number of amides is 1. The number of ether oxygens (including phenoxy) is 1. The van der Waals surface area contributed by atoms with Gasteiger partial charge in [0, 0.05) is 15.9 Å². The molecular weight excluding hydrogens is 618 g/mol. The highest BCUT2D eigenvalue weighted by molar-refractivity contribution is 7.14. The molecule has 7 N–H and O–H groups in total. The van der Waals surface area contributed by atoms with Crippen molar-refractivity contribution in [1.29, 1.82) is 5.41 Å². The Morgan fingerprint density at radius 2 is 1.52 bits per heavy atom. The SMILES string of the molecule is CC(C)(Cc1ccc(C(=O)Oc2ccc(C(=N)N)cc2F)s1)C(=O)Nc1cc(C(=O)O)ccc1C(=O)O.O=C(O)C(F)(F)F. The first-order valence-corrected chi connectivity index (χ1v) is 12.7. The topological polar surface area (TPSA) is 217 Å². The Balaban J connectivity index is 0.000000860. The summed E-state index contributed by atoms with van der Waals surface area (Å²) in [7, 11) is 0. The molecule has 1 aromatic heterocycles. The Hall–Kier alpha value is -5.32. The summed E-state index contributed by atoms with van der Waals surface area (Å²) in [6.45, 7) is 3.21. The van der Waals surface area contributed by atoms with Crippen LogP contribution in [0.2, 0.25) is 0 Å². The van der Waals surface area contributed by atoms with Crippen LogP contribution in [0.3, 0.4) is 0 Å². The van der Waals surface area contributed by atoms with Crippen LogP contribution in [-0.2, 0) is 16.0 Å². The van der Waals surface area contributed by atoms with Gasteiger partial charge in [-0.3, -0.25) is 10.2 Å². The molecular formula is C27H23F4N3O9S. The number of halogens is 4. The smallest absolute Gasteiger partial charge is 0.478 e. The van der Waals surface area contributed by atoms with E-state index < -0.39 is 47.2 Å². The van der Waals surface area contributed by atoms with E-state index in [9.17, 15) is 47.0 Å². The van der Waals surface area contributed by atoms with Crippen LogP contribution >= 0.6 is 11.3 Å². The van der Waals surface area contributed by atoms with Gasteiger partial charge in [-0.05, 0) is 55.0 Å². The summed E-state index contributed by atoms with van der Waals surface area (Å²) in [5, 5.41) is 35.5. The number of alkyl halides is 3. The first-order valence-electron chi connectivity index (χ1n) is 11.9. The predicted octanol–water partition coefficient (Wildman–Crippen LogP) is 4.63. The second-order valence-corrected chi connectivity index (χ2v) is 10.6. The highest BCUT2D eigenvalue weighted by Gasteiger charge is 2.38. The third kappa shape index (κ3) is 9.35. The number of nitrogens with one attached hydrogen (secondary N) is 2. The Morgan fingerprint density at radius 3 is 2.02 bits per heavy atom. The first kappa shape index (κ1) is 34.9. The monoisotopic (exact) mass is 641 g/mol. The number of thiophene rings is 1. The van der Waals surface area contributed by atoms with Crippen molar-refractivity contribution < 1.29 is 61.6 Å². The number of rotatable bonds is 9. The number of carbonyl (C=O) groups excluding carboxylic acids is 2. The Labute approximate surface area is 249 Å². The third-order valence-electron chi connectivity index (χ3n) is 5.53. The van der Waals surface area contributed by atoms with Crippen molar-refractivity contribution in [1.82, 2.24) is 0 Å². The summed E-state index contributed by atoms with van der Waals surface area (Å²) in [6.07, 6.45) is -4.93. The van der Waals surface area contributed by atoms with Gasteiger partial charge in [-0.15, -0.1) is 11.3 Å². The molecule has 0 saturated heterocycles. The number of aliphatic carboxylic acids is 1. The minimum Gasteiger partial charge on any atom is -0.478 e. The maximum Gasteiger partial charge on any atom is 0.490 e. The minimum absolute atomic E-state index is 0.140. The van der Waals surface area contributed by atoms with E-state index in [1.807, 2.05) is 0 Å². The second kappa shape index (κ2) is 13.8. The molecule has 12 nitrogen and oxygen atoms in total. The number of aromatic carboxylic acids is 2. The zero-order chi connectivity index (χ0) is 33.6. The van der Waals surface area contributed by atoms with Crippen LogP contribution in [0.4, 0.5) is 23.2 Å². The van der Waals surface area contributed by atoms with Crippen molar-refractivity contribution in [2.24, 2.45) is 11.1 Å². The Kier molecular flexibility index (Phi) is 10.9.